The van der Waals surface area contributed by atoms with Crippen molar-refractivity contribution >= 4 is 11.7 Å². The van der Waals surface area contributed by atoms with E-state index in [9.17, 15) is 9.90 Å². The van der Waals surface area contributed by atoms with Gasteiger partial charge in [0, 0.05) is 30.9 Å². The van der Waals surface area contributed by atoms with Gasteiger partial charge in [-0.2, -0.15) is 0 Å². The molecule has 1 aromatic heterocycles. The zero-order valence-corrected chi connectivity index (χ0v) is 14.8. The summed E-state index contributed by atoms with van der Waals surface area (Å²) in [6.45, 7) is 5.58. The molecule has 2 heterocycles. The smallest absolute Gasteiger partial charge is 0.321 e. The van der Waals surface area contributed by atoms with Crippen LogP contribution in [-0.2, 0) is 0 Å². The summed E-state index contributed by atoms with van der Waals surface area (Å²) in [6, 6.07) is 5.65. The molecule has 2 amide bonds. The maximum absolute atomic E-state index is 12.6. The minimum absolute atomic E-state index is 0.0302. The van der Waals surface area contributed by atoms with Crippen molar-refractivity contribution in [1.29, 1.82) is 0 Å². The van der Waals surface area contributed by atoms with Gasteiger partial charge in [0.15, 0.2) is 0 Å². The molecule has 0 atom stereocenters. The molecule has 134 valence electrons. The van der Waals surface area contributed by atoms with Gasteiger partial charge in [0.05, 0.1) is 6.20 Å². The highest BCUT2D eigenvalue weighted by molar-refractivity contribution is 5.91. The number of piperidine rings is 1. The van der Waals surface area contributed by atoms with Gasteiger partial charge in [0.2, 0.25) is 5.89 Å². The fourth-order valence-electron chi connectivity index (χ4n) is 3.26. The summed E-state index contributed by atoms with van der Waals surface area (Å²) >= 11 is 0. The van der Waals surface area contributed by atoms with Crippen LogP contribution < -0.4 is 5.32 Å². The molecule has 1 aromatic carbocycles. The summed E-state index contributed by atoms with van der Waals surface area (Å²) in [4.78, 5) is 18.6. The Bertz CT molecular complexity index is 714. The third-order valence-corrected chi connectivity index (χ3v) is 5.36. The van der Waals surface area contributed by atoms with E-state index in [1.807, 2.05) is 30.0 Å². The maximum Gasteiger partial charge on any atom is 0.321 e. The third kappa shape index (κ3) is 3.69. The lowest BCUT2D eigenvalue weighted by Gasteiger charge is -2.40. The van der Waals surface area contributed by atoms with E-state index in [2.05, 4.69) is 17.2 Å². The SMILES string of the molecule is CCC1(CO)CCN(C(=O)Nc2cc(-c3ncco3)ccc2C)CC1. The normalized spacial score (nSPS) is 16.7. The number of nitrogens with one attached hydrogen (secondary N) is 1. The van der Waals surface area contributed by atoms with Gasteiger partial charge in [-0.25, -0.2) is 9.78 Å². The summed E-state index contributed by atoms with van der Waals surface area (Å²) in [6.07, 6.45) is 5.74. The van der Waals surface area contributed by atoms with Crippen molar-refractivity contribution in [1.82, 2.24) is 9.88 Å². The molecule has 1 aliphatic heterocycles. The number of anilines is 1. The molecule has 0 spiro atoms. The van der Waals surface area contributed by atoms with E-state index in [1.54, 1.807) is 6.20 Å². The number of carbonyl (C=O) groups is 1. The first-order valence-electron chi connectivity index (χ1n) is 8.74. The second kappa shape index (κ2) is 7.27. The van der Waals surface area contributed by atoms with Crippen LogP contribution in [0, 0.1) is 12.3 Å². The number of aromatic nitrogens is 1. The minimum Gasteiger partial charge on any atom is -0.445 e. The van der Waals surface area contributed by atoms with Gasteiger partial charge in [-0.15, -0.1) is 0 Å². The fraction of sp³-hybridized carbons (Fsp3) is 0.474. The van der Waals surface area contributed by atoms with E-state index in [-0.39, 0.29) is 18.1 Å². The first kappa shape index (κ1) is 17.5. The van der Waals surface area contributed by atoms with Gasteiger partial charge in [0.1, 0.15) is 6.26 Å². The zero-order valence-electron chi connectivity index (χ0n) is 14.8. The number of oxazole rings is 1. The standard InChI is InChI=1S/C19H25N3O3/c1-3-19(13-23)6-9-22(10-7-19)18(24)21-16-12-15(5-4-14(16)2)17-20-8-11-25-17/h4-5,8,11-12,23H,3,6-7,9-10,13H2,1-2H3,(H,21,24). The lowest BCUT2D eigenvalue weighted by atomic mass is 9.77. The van der Waals surface area contributed by atoms with E-state index in [4.69, 9.17) is 4.42 Å². The molecule has 0 saturated carbocycles. The molecule has 1 saturated heterocycles. The molecule has 3 rings (SSSR count). The first-order valence-corrected chi connectivity index (χ1v) is 8.74. The van der Waals surface area contributed by atoms with Crippen molar-refractivity contribution in [3.8, 4) is 11.5 Å². The van der Waals surface area contributed by atoms with Crippen molar-refractivity contribution in [2.24, 2.45) is 5.41 Å². The summed E-state index contributed by atoms with van der Waals surface area (Å²) in [7, 11) is 0. The number of aryl methyl sites for hydroxylation is 1. The van der Waals surface area contributed by atoms with Crippen LogP contribution in [0.25, 0.3) is 11.5 Å². The molecular weight excluding hydrogens is 318 g/mol. The molecule has 0 unspecified atom stereocenters. The van der Waals surface area contributed by atoms with Gasteiger partial charge in [-0.1, -0.05) is 13.0 Å². The number of rotatable bonds is 4. The Hall–Kier alpha value is -2.34. The number of hydrogen-bond donors (Lipinski definition) is 2. The van der Waals surface area contributed by atoms with E-state index in [1.165, 1.54) is 6.26 Å². The van der Waals surface area contributed by atoms with Crippen molar-refractivity contribution in [2.45, 2.75) is 33.1 Å². The summed E-state index contributed by atoms with van der Waals surface area (Å²) in [5, 5.41) is 12.6. The predicted octanol–water partition coefficient (Wildman–Crippen LogP) is 3.67. The highest BCUT2D eigenvalue weighted by atomic mass is 16.3. The molecule has 25 heavy (non-hydrogen) atoms. The highest BCUT2D eigenvalue weighted by Crippen LogP contribution is 2.34. The molecular formula is C19H25N3O3. The zero-order chi connectivity index (χ0) is 17.9. The fourth-order valence-corrected chi connectivity index (χ4v) is 3.26. The molecule has 0 aliphatic carbocycles. The minimum atomic E-state index is -0.102. The van der Waals surface area contributed by atoms with E-state index >= 15 is 0 Å². The van der Waals surface area contributed by atoms with Crippen LogP contribution in [0.1, 0.15) is 31.7 Å². The molecule has 6 heteroatoms. The monoisotopic (exact) mass is 343 g/mol. The average Bonchev–Trinajstić information content (AvgIpc) is 3.18. The molecule has 1 fully saturated rings. The molecule has 0 radical (unpaired) electrons. The Morgan fingerprint density at radius 2 is 2.16 bits per heavy atom. The van der Waals surface area contributed by atoms with Crippen LogP contribution in [-0.4, -0.2) is 40.7 Å². The average molecular weight is 343 g/mol. The summed E-state index contributed by atoms with van der Waals surface area (Å²) in [5.74, 6) is 0.532. The predicted molar refractivity (Wildman–Crippen MR) is 96.3 cm³/mol. The molecule has 1 aliphatic rings. The van der Waals surface area contributed by atoms with Gasteiger partial charge >= 0.3 is 6.03 Å². The van der Waals surface area contributed by atoms with E-state index < -0.39 is 0 Å². The quantitative estimate of drug-likeness (QED) is 0.888. The Kier molecular flexibility index (Phi) is 5.08. The number of likely N-dealkylation sites (tertiary alicyclic amines) is 1. The van der Waals surface area contributed by atoms with E-state index in [0.29, 0.717) is 19.0 Å². The van der Waals surface area contributed by atoms with Crippen LogP contribution in [0.3, 0.4) is 0 Å². The van der Waals surface area contributed by atoms with Crippen molar-refractivity contribution in [2.75, 3.05) is 25.0 Å². The van der Waals surface area contributed by atoms with Crippen LogP contribution in [0.5, 0.6) is 0 Å². The number of aliphatic hydroxyl groups is 1. The number of carbonyl (C=O) groups excluding carboxylic acids is 1. The van der Waals surface area contributed by atoms with Crippen LogP contribution >= 0.6 is 0 Å². The molecule has 0 bridgehead atoms. The largest absolute Gasteiger partial charge is 0.445 e. The third-order valence-electron chi connectivity index (χ3n) is 5.36. The molecule has 2 aromatic rings. The first-order chi connectivity index (χ1) is 12.1. The number of hydrogen-bond acceptors (Lipinski definition) is 4. The van der Waals surface area contributed by atoms with Gasteiger partial charge in [-0.3, -0.25) is 0 Å². The number of aliphatic hydroxyl groups excluding tert-OH is 1. The van der Waals surface area contributed by atoms with Crippen molar-refractivity contribution in [3.05, 3.63) is 36.2 Å². The highest BCUT2D eigenvalue weighted by Gasteiger charge is 2.33. The van der Waals surface area contributed by atoms with Gasteiger partial charge in [0.25, 0.3) is 0 Å². The lowest BCUT2D eigenvalue weighted by molar-refractivity contribution is 0.0542. The lowest BCUT2D eigenvalue weighted by Crippen LogP contribution is -2.46. The topological polar surface area (TPSA) is 78.6 Å². The second-order valence-corrected chi connectivity index (χ2v) is 6.80. The molecule has 2 N–H and O–H groups in total. The Balaban J connectivity index is 1.68. The van der Waals surface area contributed by atoms with Crippen molar-refractivity contribution in [3.63, 3.8) is 0 Å². The number of nitrogens with zero attached hydrogens (tertiary/aromatic N) is 2. The summed E-state index contributed by atoms with van der Waals surface area (Å²) in [5.41, 5.74) is 2.54. The number of urea groups is 1. The Morgan fingerprint density at radius 3 is 2.76 bits per heavy atom. The maximum atomic E-state index is 12.6. The van der Waals surface area contributed by atoms with Gasteiger partial charge < -0.3 is 19.7 Å². The van der Waals surface area contributed by atoms with Crippen LogP contribution in [0.15, 0.2) is 35.1 Å². The van der Waals surface area contributed by atoms with E-state index in [0.717, 1.165) is 36.1 Å². The van der Waals surface area contributed by atoms with Crippen LogP contribution in [0.4, 0.5) is 10.5 Å². The summed E-state index contributed by atoms with van der Waals surface area (Å²) < 4.78 is 5.33. The Labute approximate surface area is 147 Å². The van der Waals surface area contributed by atoms with Crippen molar-refractivity contribution < 1.29 is 14.3 Å². The Morgan fingerprint density at radius 1 is 1.40 bits per heavy atom. The molecule has 6 nitrogen and oxygen atoms in total. The number of amides is 2. The van der Waals surface area contributed by atoms with Crippen LogP contribution in [0.2, 0.25) is 0 Å². The number of benzene rings is 1. The second-order valence-electron chi connectivity index (χ2n) is 6.80. The van der Waals surface area contributed by atoms with Gasteiger partial charge in [-0.05, 0) is 49.3 Å².